The van der Waals surface area contributed by atoms with Gasteiger partial charge in [0.2, 0.25) is 11.8 Å². The number of alkyl halides is 1. The van der Waals surface area contributed by atoms with E-state index in [2.05, 4.69) is 5.32 Å². The van der Waals surface area contributed by atoms with E-state index in [1.165, 1.54) is 6.42 Å². The Balaban J connectivity index is 1.90. The van der Waals surface area contributed by atoms with Crippen molar-refractivity contribution in [3.8, 4) is 0 Å². The van der Waals surface area contributed by atoms with Crippen LogP contribution in [0, 0.1) is 0 Å². The highest BCUT2D eigenvalue weighted by molar-refractivity contribution is 6.30. The Labute approximate surface area is 171 Å². The molecule has 2 fully saturated rings. The van der Waals surface area contributed by atoms with Gasteiger partial charge in [0.25, 0.3) is 0 Å². The minimum absolute atomic E-state index is 0.0639. The number of carbonyl (C=O) groups is 2. The molecule has 0 bridgehead atoms. The molecule has 27 heavy (non-hydrogen) atoms. The lowest BCUT2D eigenvalue weighted by molar-refractivity contribution is -0.142. The van der Waals surface area contributed by atoms with Crippen LogP contribution >= 0.6 is 23.2 Å². The van der Waals surface area contributed by atoms with Crippen LogP contribution in [0.2, 0.25) is 5.02 Å². The van der Waals surface area contributed by atoms with Gasteiger partial charge in [-0.15, -0.1) is 11.6 Å². The first kappa shape index (κ1) is 20.5. The van der Waals surface area contributed by atoms with Crippen LogP contribution < -0.4 is 5.32 Å². The highest BCUT2D eigenvalue weighted by Gasteiger charge is 2.37. The first-order valence-electron chi connectivity index (χ1n) is 10.0. The predicted octanol–water partition coefficient (Wildman–Crippen LogP) is 4.84. The fourth-order valence-electron chi connectivity index (χ4n) is 4.42. The number of amides is 2. The van der Waals surface area contributed by atoms with E-state index in [-0.39, 0.29) is 29.8 Å². The fraction of sp³-hybridized carbons (Fsp3) is 0.619. The van der Waals surface area contributed by atoms with Gasteiger partial charge in [-0.1, -0.05) is 55.8 Å². The predicted molar refractivity (Wildman–Crippen MR) is 109 cm³/mol. The van der Waals surface area contributed by atoms with E-state index in [9.17, 15) is 9.59 Å². The summed E-state index contributed by atoms with van der Waals surface area (Å²) in [6.45, 7) is 0. The second-order valence-electron chi connectivity index (χ2n) is 7.67. The van der Waals surface area contributed by atoms with E-state index in [4.69, 9.17) is 23.2 Å². The first-order chi connectivity index (χ1) is 13.1. The van der Waals surface area contributed by atoms with Crippen molar-refractivity contribution in [2.75, 3.05) is 5.88 Å². The molecule has 2 aliphatic rings. The molecule has 0 heterocycles. The van der Waals surface area contributed by atoms with Gasteiger partial charge >= 0.3 is 0 Å². The summed E-state index contributed by atoms with van der Waals surface area (Å²) in [5.74, 6) is -0.394. The third-order valence-corrected chi connectivity index (χ3v) is 6.26. The van der Waals surface area contributed by atoms with Crippen molar-refractivity contribution in [1.82, 2.24) is 10.2 Å². The smallest absolute Gasteiger partial charge is 0.247 e. The summed E-state index contributed by atoms with van der Waals surface area (Å²) in [4.78, 5) is 27.8. The molecule has 2 saturated carbocycles. The van der Waals surface area contributed by atoms with Gasteiger partial charge in [-0.3, -0.25) is 9.59 Å². The molecule has 1 atom stereocenters. The zero-order chi connectivity index (χ0) is 19.2. The van der Waals surface area contributed by atoms with Gasteiger partial charge in [-0.2, -0.15) is 0 Å². The minimum Gasteiger partial charge on any atom is -0.351 e. The maximum absolute atomic E-state index is 13.3. The molecule has 0 aromatic heterocycles. The molecule has 1 aromatic carbocycles. The summed E-state index contributed by atoms with van der Waals surface area (Å²) < 4.78 is 0. The van der Waals surface area contributed by atoms with Crippen molar-refractivity contribution in [1.29, 1.82) is 0 Å². The van der Waals surface area contributed by atoms with Crippen LogP contribution in [0.15, 0.2) is 24.3 Å². The molecule has 0 radical (unpaired) electrons. The lowest BCUT2D eigenvalue weighted by atomic mass is 9.94. The van der Waals surface area contributed by atoms with Crippen molar-refractivity contribution in [3.63, 3.8) is 0 Å². The van der Waals surface area contributed by atoms with Gasteiger partial charge in [0.05, 0.1) is 0 Å². The Hall–Kier alpha value is -1.26. The summed E-state index contributed by atoms with van der Waals surface area (Å²) >= 11 is 12.0. The van der Waals surface area contributed by atoms with Crippen molar-refractivity contribution >= 4 is 35.0 Å². The molecule has 3 rings (SSSR count). The van der Waals surface area contributed by atoms with Crippen LogP contribution in [0.3, 0.4) is 0 Å². The van der Waals surface area contributed by atoms with Crippen LogP contribution in [0.5, 0.6) is 0 Å². The number of benzene rings is 1. The molecular weight excluding hydrogens is 383 g/mol. The van der Waals surface area contributed by atoms with Crippen molar-refractivity contribution in [2.45, 2.75) is 75.9 Å². The standard InChI is InChI=1S/C21H28Cl2N2O2/c22-14-19(26)25(18-8-4-5-9-18)20(15-10-12-16(23)13-11-15)21(27)24-17-6-2-1-3-7-17/h10-13,17-18,20H,1-9,14H2,(H,24,27)/t20-/m0/s1. The van der Waals surface area contributed by atoms with Crippen LogP contribution in [0.4, 0.5) is 0 Å². The summed E-state index contributed by atoms with van der Waals surface area (Å²) in [7, 11) is 0. The second kappa shape index (κ2) is 9.79. The van der Waals surface area contributed by atoms with E-state index in [1.807, 2.05) is 12.1 Å². The minimum atomic E-state index is -0.654. The van der Waals surface area contributed by atoms with E-state index in [0.29, 0.717) is 5.02 Å². The molecule has 148 valence electrons. The number of halogens is 2. The Morgan fingerprint density at radius 1 is 1.00 bits per heavy atom. The number of hydrogen-bond donors (Lipinski definition) is 1. The molecule has 0 aliphatic heterocycles. The van der Waals surface area contributed by atoms with Crippen LogP contribution in [-0.2, 0) is 9.59 Å². The van der Waals surface area contributed by atoms with E-state index >= 15 is 0 Å². The van der Waals surface area contributed by atoms with Crippen LogP contribution in [0.1, 0.15) is 69.4 Å². The third kappa shape index (κ3) is 5.17. The first-order valence-corrected chi connectivity index (χ1v) is 10.9. The summed E-state index contributed by atoms with van der Waals surface area (Å²) in [5.41, 5.74) is 0.790. The number of nitrogens with one attached hydrogen (secondary N) is 1. The zero-order valence-electron chi connectivity index (χ0n) is 15.6. The van der Waals surface area contributed by atoms with Crippen molar-refractivity contribution < 1.29 is 9.59 Å². The highest BCUT2D eigenvalue weighted by atomic mass is 35.5. The van der Waals surface area contributed by atoms with Gasteiger partial charge in [0, 0.05) is 17.1 Å². The number of carbonyl (C=O) groups excluding carboxylic acids is 2. The fourth-order valence-corrected chi connectivity index (χ4v) is 4.68. The Morgan fingerprint density at radius 2 is 1.59 bits per heavy atom. The molecule has 2 amide bonds. The van der Waals surface area contributed by atoms with Gasteiger partial charge in [0.1, 0.15) is 11.9 Å². The average Bonchev–Trinajstić information content (AvgIpc) is 3.21. The maximum Gasteiger partial charge on any atom is 0.247 e. The number of hydrogen-bond acceptors (Lipinski definition) is 2. The third-order valence-electron chi connectivity index (χ3n) is 5.78. The lowest BCUT2D eigenvalue weighted by Gasteiger charge is -2.37. The van der Waals surface area contributed by atoms with Crippen LogP contribution in [-0.4, -0.2) is 34.7 Å². The molecule has 1 aromatic rings. The zero-order valence-corrected chi connectivity index (χ0v) is 17.1. The molecular formula is C21H28Cl2N2O2. The molecule has 6 heteroatoms. The van der Waals surface area contributed by atoms with Crippen molar-refractivity contribution in [2.24, 2.45) is 0 Å². The quantitative estimate of drug-likeness (QED) is 0.681. The summed E-state index contributed by atoms with van der Waals surface area (Å²) in [5, 5.41) is 3.82. The SMILES string of the molecule is O=C(NC1CCCCC1)[C@H](c1ccc(Cl)cc1)N(C(=O)CCl)C1CCCC1. The lowest BCUT2D eigenvalue weighted by Crippen LogP contribution is -2.50. The average molecular weight is 411 g/mol. The second-order valence-corrected chi connectivity index (χ2v) is 8.37. The maximum atomic E-state index is 13.3. The van der Waals surface area contributed by atoms with Gasteiger partial charge in [-0.05, 0) is 43.4 Å². The Bertz CT molecular complexity index is 638. The summed E-state index contributed by atoms with van der Waals surface area (Å²) in [6.07, 6.45) is 9.52. The summed E-state index contributed by atoms with van der Waals surface area (Å²) in [6, 6.07) is 6.84. The molecule has 1 N–H and O–H groups in total. The van der Waals surface area contributed by atoms with Gasteiger partial charge in [-0.25, -0.2) is 0 Å². The van der Waals surface area contributed by atoms with E-state index in [1.54, 1.807) is 17.0 Å². The Morgan fingerprint density at radius 3 is 2.19 bits per heavy atom. The van der Waals surface area contributed by atoms with Gasteiger partial charge in [0.15, 0.2) is 0 Å². The van der Waals surface area contributed by atoms with Gasteiger partial charge < -0.3 is 10.2 Å². The monoisotopic (exact) mass is 410 g/mol. The van der Waals surface area contributed by atoms with E-state index < -0.39 is 6.04 Å². The van der Waals surface area contributed by atoms with Crippen LogP contribution in [0.25, 0.3) is 0 Å². The van der Waals surface area contributed by atoms with Crippen molar-refractivity contribution in [3.05, 3.63) is 34.9 Å². The molecule has 2 aliphatic carbocycles. The van der Waals surface area contributed by atoms with E-state index in [0.717, 1.165) is 56.9 Å². The molecule has 0 spiro atoms. The largest absolute Gasteiger partial charge is 0.351 e. The molecule has 4 nitrogen and oxygen atoms in total. The normalized spacial score (nSPS) is 19.6. The highest BCUT2D eigenvalue weighted by Crippen LogP contribution is 2.33. The number of rotatable bonds is 6. The Kier molecular flexibility index (Phi) is 7.42. The number of nitrogens with zero attached hydrogens (tertiary/aromatic N) is 1. The molecule has 0 unspecified atom stereocenters. The molecule has 0 saturated heterocycles. The topological polar surface area (TPSA) is 49.4 Å².